The summed E-state index contributed by atoms with van der Waals surface area (Å²) < 4.78 is 0. The summed E-state index contributed by atoms with van der Waals surface area (Å²) in [6, 6.07) is 16.6. The van der Waals surface area contributed by atoms with E-state index in [1.807, 2.05) is 50.2 Å². The second-order valence-corrected chi connectivity index (χ2v) is 7.69. The Morgan fingerprint density at radius 2 is 1.77 bits per heavy atom. The van der Waals surface area contributed by atoms with Gasteiger partial charge >= 0.3 is 0 Å². The number of hydrogen-bond acceptors (Lipinski definition) is 4. The third kappa shape index (κ3) is 3.84. The van der Waals surface area contributed by atoms with Gasteiger partial charge in [-0.05, 0) is 54.8 Å². The third-order valence-electron chi connectivity index (χ3n) is 5.02. The standard InChI is InChI=1S/C24H20ClN3O2/c1-15-5-7-18(8-6-15)21-22(27-20-10-9-19(25)12-16(20)2)24(30)28(23(21)29)14-17-4-3-11-26-13-17/h3-13,27H,14H2,1-2H3. The van der Waals surface area contributed by atoms with E-state index >= 15 is 0 Å². The van der Waals surface area contributed by atoms with E-state index in [0.29, 0.717) is 16.2 Å². The summed E-state index contributed by atoms with van der Waals surface area (Å²) in [5.74, 6) is -0.699. The Morgan fingerprint density at radius 3 is 2.43 bits per heavy atom. The summed E-state index contributed by atoms with van der Waals surface area (Å²) in [5, 5.41) is 3.80. The Labute approximate surface area is 180 Å². The van der Waals surface area contributed by atoms with Crippen LogP contribution in [-0.4, -0.2) is 21.7 Å². The molecular weight excluding hydrogens is 398 g/mol. The fourth-order valence-corrected chi connectivity index (χ4v) is 3.63. The van der Waals surface area contributed by atoms with Gasteiger partial charge in [0, 0.05) is 23.1 Å². The van der Waals surface area contributed by atoms with E-state index in [4.69, 9.17) is 11.6 Å². The highest BCUT2D eigenvalue weighted by Crippen LogP contribution is 2.32. The number of hydrogen-bond donors (Lipinski definition) is 1. The van der Waals surface area contributed by atoms with Gasteiger partial charge < -0.3 is 5.32 Å². The fourth-order valence-electron chi connectivity index (χ4n) is 3.40. The van der Waals surface area contributed by atoms with Crippen molar-refractivity contribution in [2.24, 2.45) is 0 Å². The topological polar surface area (TPSA) is 62.3 Å². The average molecular weight is 418 g/mol. The van der Waals surface area contributed by atoms with Crippen LogP contribution < -0.4 is 5.32 Å². The van der Waals surface area contributed by atoms with Gasteiger partial charge in [0.1, 0.15) is 5.70 Å². The molecule has 0 unspecified atom stereocenters. The molecule has 0 aliphatic carbocycles. The normalized spacial score (nSPS) is 13.9. The smallest absolute Gasteiger partial charge is 0.278 e. The molecule has 0 saturated heterocycles. The number of aromatic nitrogens is 1. The SMILES string of the molecule is Cc1ccc(C2=C(Nc3ccc(Cl)cc3C)C(=O)N(Cc3cccnc3)C2=O)cc1. The summed E-state index contributed by atoms with van der Waals surface area (Å²) in [4.78, 5) is 31.9. The zero-order chi connectivity index (χ0) is 21.3. The molecule has 1 aliphatic heterocycles. The average Bonchev–Trinajstić information content (AvgIpc) is 2.96. The van der Waals surface area contributed by atoms with Crippen molar-refractivity contribution < 1.29 is 9.59 Å². The van der Waals surface area contributed by atoms with Crippen molar-refractivity contribution in [3.05, 3.63) is 100.0 Å². The molecule has 0 fully saturated rings. The Morgan fingerprint density at radius 1 is 1.00 bits per heavy atom. The van der Waals surface area contributed by atoms with Gasteiger partial charge in [-0.15, -0.1) is 0 Å². The molecule has 0 bridgehead atoms. The predicted octanol–water partition coefficient (Wildman–Crippen LogP) is 4.74. The molecule has 0 spiro atoms. The first-order valence-corrected chi connectivity index (χ1v) is 9.91. The summed E-state index contributed by atoms with van der Waals surface area (Å²) in [5.41, 5.74) is 4.78. The molecule has 2 aromatic carbocycles. The highest BCUT2D eigenvalue weighted by molar-refractivity contribution is 6.36. The molecule has 150 valence electrons. The Hall–Kier alpha value is -3.44. The molecule has 1 aromatic heterocycles. The van der Waals surface area contributed by atoms with Gasteiger partial charge in [0.05, 0.1) is 12.1 Å². The molecule has 1 N–H and O–H groups in total. The zero-order valence-electron chi connectivity index (χ0n) is 16.6. The number of pyridine rings is 1. The molecule has 0 saturated carbocycles. The summed E-state index contributed by atoms with van der Waals surface area (Å²) >= 11 is 6.06. The zero-order valence-corrected chi connectivity index (χ0v) is 17.4. The van der Waals surface area contributed by atoms with Crippen molar-refractivity contribution >= 4 is 34.7 Å². The maximum atomic E-state index is 13.3. The number of imide groups is 1. The van der Waals surface area contributed by atoms with Crippen LogP contribution in [0, 0.1) is 13.8 Å². The minimum Gasteiger partial charge on any atom is -0.350 e. The van der Waals surface area contributed by atoms with E-state index in [0.717, 1.165) is 22.4 Å². The van der Waals surface area contributed by atoms with Crippen LogP contribution in [-0.2, 0) is 16.1 Å². The number of aryl methyl sites for hydroxylation is 2. The summed E-state index contributed by atoms with van der Waals surface area (Å²) in [6.07, 6.45) is 3.31. The van der Waals surface area contributed by atoms with Crippen LogP contribution in [0.3, 0.4) is 0 Å². The minimum atomic E-state index is -0.367. The largest absolute Gasteiger partial charge is 0.350 e. The van der Waals surface area contributed by atoms with E-state index in [1.165, 1.54) is 4.90 Å². The molecule has 4 rings (SSSR count). The molecule has 1 aliphatic rings. The Kier molecular flexibility index (Phi) is 5.38. The number of halogens is 1. The fraction of sp³-hybridized carbons (Fsp3) is 0.125. The number of anilines is 1. The van der Waals surface area contributed by atoms with Gasteiger partial charge in [0.25, 0.3) is 11.8 Å². The van der Waals surface area contributed by atoms with Gasteiger partial charge in [-0.3, -0.25) is 19.5 Å². The summed E-state index contributed by atoms with van der Waals surface area (Å²) in [7, 11) is 0. The lowest BCUT2D eigenvalue weighted by Crippen LogP contribution is -2.32. The molecule has 3 aromatic rings. The lowest BCUT2D eigenvalue weighted by Gasteiger charge is -2.15. The van der Waals surface area contributed by atoms with Crippen LogP contribution in [0.25, 0.3) is 5.57 Å². The van der Waals surface area contributed by atoms with Gasteiger partial charge in [0.2, 0.25) is 0 Å². The van der Waals surface area contributed by atoms with Crippen molar-refractivity contribution in [3.63, 3.8) is 0 Å². The molecule has 5 nitrogen and oxygen atoms in total. The number of benzene rings is 2. The van der Waals surface area contributed by atoms with Crippen molar-refractivity contribution in [1.29, 1.82) is 0 Å². The highest BCUT2D eigenvalue weighted by Gasteiger charge is 2.39. The minimum absolute atomic E-state index is 0.158. The molecule has 2 amide bonds. The quantitative estimate of drug-likeness (QED) is 0.609. The lowest BCUT2D eigenvalue weighted by molar-refractivity contribution is -0.137. The van der Waals surface area contributed by atoms with Gasteiger partial charge in [-0.1, -0.05) is 47.5 Å². The maximum absolute atomic E-state index is 13.3. The number of nitrogens with zero attached hydrogens (tertiary/aromatic N) is 2. The second kappa shape index (κ2) is 8.13. The number of rotatable bonds is 5. The third-order valence-corrected chi connectivity index (χ3v) is 5.25. The number of nitrogens with one attached hydrogen (secondary N) is 1. The predicted molar refractivity (Wildman–Crippen MR) is 118 cm³/mol. The molecule has 2 heterocycles. The first kappa shape index (κ1) is 19.9. The Balaban J connectivity index is 1.76. The van der Waals surface area contributed by atoms with E-state index < -0.39 is 0 Å². The van der Waals surface area contributed by atoms with Crippen LogP contribution >= 0.6 is 11.6 Å². The maximum Gasteiger partial charge on any atom is 0.278 e. The molecule has 0 atom stereocenters. The van der Waals surface area contributed by atoms with Crippen LogP contribution in [0.1, 0.15) is 22.3 Å². The first-order valence-electron chi connectivity index (χ1n) is 9.53. The lowest BCUT2D eigenvalue weighted by atomic mass is 10.0. The van der Waals surface area contributed by atoms with E-state index in [2.05, 4.69) is 10.3 Å². The second-order valence-electron chi connectivity index (χ2n) is 7.26. The van der Waals surface area contributed by atoms with Crippen molar-refractivity contribution in [2.45, 2.75) is 20.4 Å². The van der Waals surface area contributed by atoms with Crippen molar-refractivity contribution in [3.8, 4) is 0 Å². The molecule has 6 heteroatoms. The van der Waals surface area contributed by atoms with Gasteiger partial charge in [-0.25, -0.2) is 0 Å². The van der Waals surface area contributed by atoms with Gasteiger partial charge in [0.15, 0.2) is 0 Å². The monoisotopic (exact) mass is 417 g/mol. The molecule has 0 radical (unpaired) electrons. The molecular formula is C24H20ClN3O2. The van der Waals surface area contributed by atoms with Crippen LogP contribution in [0.2, 0.25) is 5.02 Å². The number of carbonyl (C=O) groups excluding carboxylic acids is 2. The van der Waals surface area contributed by atoms with Crippen LogP contribution in [0.4, 0.5) is 5.69 Å². The van der Waals surface area contributed by atoms with Crippen molar-refractivity contribution in [1.82, 2.24) is 9.88 Å². The molecule has 30 heavy (non-hydrogen) atoms. The Bertz CT molecular complexity index is 1150. The number of amides is 2. The van der Waals surface area contributed by atoms with Crippen molar-refractivity contribution in [2.75, 3.05) is 5.32 Å². The van der Waals surface area contributed by atoms with E-state index in [1.54, 1.807) is 30.6 Å². The number of carbonyl (C=O) groups is 2. The summed E-state index contributed by atoms with van der Waals surface area (Å²) in [6.45, 7) is 4.03. The van der Waals surface area contributed by atoms with E-state index in [9.17, 15) is 9.59 Å². The van der Waals surface area contributed by atoms with E-state index in [-0.39, 0.29) is 24.1 Å². The highest BCUT2D eigenvalue weighted by atomic mass is 35.5. The first-order chi connectivity index (χ1) is 14.4. The van der Waals surface area contributed by atoms with Gasteiger partial charge in [-0.2, -0.15) is 0 Å². The van der Waals surface area contributed by atoms with Crippen LogP contribution in [0.15, 0.2) is 72.7 Å². The van der Waals surface area contributed by atoms with Crippen LogP contribution in [0.5, 0.6) is 0 Å².